The SMILES string of the molecule is Cc1sc(CNC2CCCC(O)C2)cc1Br. The Hall–Kier alpha value is 0.100. The van der Waals surface area contributed by atoms with Crippen molar-refractivity contribution in [3.05, 3.63) is 20.3 Å². The largest absolute Gasteiger partial charge is 0.393 e. The van der Waals surface area contributed by atoms with Gasteiger partial charge < -0.3 is 10.4 Å². The monoisotopic (exact) mass is 303 g/mol. The quantitative estimate of drug-likeness (QED) is 0.899. The van der Waals surface area contributed by atoms with Crippen LogP contribution in [0, 0.1) is 6.92 Å². The zero-order chi connectivity index (χ0) is 11.5. The van der Waals surface area contributed by atoms with E-state index in [-0.39, 0.29) is 6.10 Å². The Morgan fingerprint density at radius 3 is 3.00 bits per heavy atom. The van der Waals surface area contributed by atoms with Gasteiger partial charge in [-0.25, -0.2) is 0 Å². The Labute approximate surface area is 109 Å². The summed E-state index contributed by atoms with van der Waals surface area (Å²) in [5.41, 5.74) is 0. The lowest BCUT2D eigenvalue weighted by atomic mass is 9.93. The number of aliphatic hydroxyl groups is 1. The van der Waals surface area contributed by atoms with Gasteiger partial charge in [0.25, 0.3) is 0 Å². The molecule has 1 aromatic heterocycles. The predicted octanol–water partition coefficient (Wildman–Crippen LogP) is 3.21. The van der Waals surface area contributed by atoms with Crippen molar-refractivity contribution < 1.29 is 5.11 Å². The second kappa shape index (κ2) is 5.63. The summed E-state index contributed by atoms with van der Waals surface area (Å²) in [6.45, 7) is 3.05. The fraction of sp³-hybridized carbons (Fsp3) is 0.667. The number of thiophene rings is 1. The molecule has 2 nitrogen and oxygen atoms in total. The van der Waals surface area contributed by atoms with Crippen LogP contribution >= 0.6 is 27.3 Å². The molecule has 1 fully saturated rings. The van der Waals surface area contributed by atoms with Gasteiger partial charge in [0, 0.05) is 26.8 Å². The maximum Gasteiger partial charge on any atom is 0.0555 e. The molecule has 4 heteroatoms. The lowest BCUT2D eigenvalue weighted by molar-refractivity contribution is 0.111. The van der Waals surface area contributed by atoms with E-state index in [9.17, 15) is 5.11 Å². The van der Waals surface area contributed by atoms with E-state index in [0.29, 0.717) is 6.04 Å². The number of nitrogens with one attached hydrogen (secondary N) is 1. The molecule has 2 N–H and O–H groups in total. The van der Waals surface area contributed by atoms with Crippen LogP contribution in [0.4, 0.5) is 0 Å². The van der Waals surface area contributed by atoms with E-state index in [1.54, 1.807) is 0 Å². The molecule has 90 valence electrons. The summed E-state index contributed by atoms with van der Waals surface area (Å²) >= 11 is 5.37. The first-order chi connectivity index (χ1) is 7.65. The number of hydrogen-bond acceptors (Lipinski definition) is 3. The van der Waals surface area contributed by atoms with Crippen LogP contribution in [-0.4, -0.2) is 17.3 Å². The Morgan fingerprint density at radius 1 is 1.56 bits per heavy atom. The summed E-state index contributed by atoms with van der Waals surface area (Å²) in [5, 5.41) is 13.1. The van der Waals surface area contributed by atoms with Gasteiger partial charge in [-0.2, -0.15) is 0 Å². The highest BCUT2D eigenvalue weighted by Gasteiger charge is 2.19. The molecule has 0 bridgehead atoms. The third kappa shape index (κ3) is 3.29. The van der Waals surface area contributed by atoms with Gasteiger partial charge in [-0.15, -0.1) is 11.3 Å². The molecular weight excluding hydrogens is 286 g/mol. The molecule has 1 saturated carbocycles. The summed E-state index contributed by atoms with van der Waals surface area (Å²) in [7, 11) is 0. The number of hydrogen-bond donors (Lipinski definition) is 2. The molecule has 0 saturated heterocycles. The van der Waals surface area contributed by atoms with Crippen LogP contribution in [0.5, 0.6) is 0 Å². The number of halogens is 1. The van der Waals surface area contributed by atoms with Gasteiger partial charge in [-0.1, -0.05) is 0 Å². The van der Waals surface area contributed by atoms with Gasteiger partial charge >= 0.3 is 0 Å². The summed E-state index contributed by atoms with van der Waals surface area (Å²) in [6.07, 6.45) is 4.13. The Balaban J connectivity index is 1.82. The van der Waals surface area contributed by atoms with E-state index in [1.165, 1.54) is 20.6 Å². The molecule has 1 heterocycles. The normalized spacial score (nSPS) is 25.9. The molecule has 2 unspecified atom stereocenters. The highest BCUT2D eigenvalue weighted by atomic mass is 79.9. The van der Waals surface area contributed by atoms with E-state index in [1.807, 2.05) is 11.3 Å². The van der Waals surface area contributed by atoms with Gasteiger partial charge in [0.1, 0.15) is 0 Å². The third-order valence-electron chi connectivity index (χ3n) is 3.12. The molecule has 0 amide bonds. The molecule has 2 atom stereocenters. The predicted molar refractivity (Wildman–Crippen MR) is 71.9 cm³/mol. The number of aryl methyl sites for hydroxylation is 1. The van der Waals surface area contributed by atoms with Crippen LogP contribution in [0.2, 0.25) is 0 Å². The smallest absolute Gasteiger partial charge is 0.0555 e. The van der Waals surface area contributed by atoms with Crippen LogP contribution in [0.25, 0.3) is 0 Å². The first kappa shape index (κ1) is 12.6. The van der Waals surface area contributed by atoms with Gasteiger partial charge in [-0.3, -0.25) is 0 Å². The maximum atomic E-state index is 9.58. The van der Waals surface area contributed by atoms with Crippen LogP contribution in [0.3, 0.4) is 0 Å². The topological polar surface area (TPSA) is 32.3 Å². The van der Waals surface area contributed by atoms with E-state index >= 15 is 0 Å². The van der Waals surface area contributed by atoms with Gasteiger partial charge in [0.2, 0.25) is 0 Å². The van der Waals surface area contributed by atoms with Crippen molar-refractivity contribution in [1.29, 1.82) is 0 Å². The Morgan fingerprint density at radius 2 is 2.38 bits per heavy atom. The Kier molecular flexibility index (Phi) is 4.41. The summed E-state index contributed by atoms with van der Waals surface area (Å²) in [4.78, 5) is 2.70. The molecule has 2 rings (SSSR count). The minimum Gasteiger partial charge on any atom is -0.393 e. The second-order valence-corrected chi connectivity index (χ2v) is 6.71. The van der Waals surface area contributed by atoms with Crippen LogP contribution < -0.4 is 5.32 Å². The summed E-state index contributed by atoms with van der Waals surface area (Å²) in [6, 6.07) is 2.68. The van der Waals surface area contributed by atoms with E-state index in [4.69, 9.17) is 0 Å². The van der Waals surface area contributed by atoms with Crippen molar-refractivity contribution in [1.82, 2.24) is 5.32 Å². The lowest BCUT2D eigenvalue weighted by Crippen LogP contribution is -2.35. The van der Waals surface area contributed by atoms with Crippen LogP contribution in [-0.2, 0) is 6.54 Å². The van der Waals surface area contributed by atoms with E-state index in [2.05, 4.69) is 34.2 Å². The number of aliphatic hydroxyl groups excluding tert-OH is 1. The first-order valence-corrected chi connectivity index (χ1v) is 7.42. The highest BCUT2D eigenvalue weighted by Crippen LogP contribution is 2.26. The van der Waals surface area contributed by atoms with Crippen LogP contribution in [0.1, 0.15) is 35.4 Å². The van der Waals surface area contributed by atoms with Crippen molar-refractivity contribution >= 4 is 27.3 Å². The molecule has 0 radical (unpaired) electrons. The van der Waals surface area contributed by atoms with Crippen molar-refractivity contribution in [2.75, 3.05) is 0 Å². The molecule has 0 aliphatic heterocycles. The summed E-state index contributed by atoms with van der Waals surface area (Å²) in [5.74, 6) is 0. The number of rotatable bonds is 3. The fourth-order valence-corrected chi connectivity index (χ4v) is 3.75. The van der Waals surface area contributed by atoms with Crippen molar-refractivity contribution in [2.24, 2.45) is 0 Å². The molecular formula is C12H18BrNOS. The molecule has 0 aromatic carbocycles. The zero-order valence-electron chi connectivity index (χ0n) is 9.50. The van der Waals surface area contributed by atoms with Crippen LogP contribution in [0.15, 0.2) is 10.5 Å². The van der Waals surface area contributed by atoms with E-state index in [0.717, 1.165) is 25.8 Å². The maximum absolute atomic E-state index is 9.58. The van der Waals surface area contributed by atoms with Gasteiger partial charge in [-0.05, 0) is 54.6 Å². The molecule has 1 aliphatic carbocycles. The standard InChI is InChI=1S/C12H18BrNOS/c1-8-12(13)6-11(16-8)7-14-9-3-2-4-10(15)5-9/h6,9-10,14-15H,2-5,7H2,1H3. The average molecular weight is 304 g/mol. The van der Waals surface area contributed by atoms with Crippen molar-refractivity contribution in [2.45, 2.75) is 51.3 Å². The molecule has 1 aromatic rings. The van der Waals surface area contributed by atoms with Crippen molar-refractivity contribution in [3.8, 4) is 0 Å². The second-order valence-electron chi connectivity index (χ2n) is 4.52. The fourth-order valence-electron chi connectivity index (χ4n) is 2.20. The Bertz CT molecular complexity index is 333. The summed E-state index contributed by atoms with van der Waals surface area (Å²) < 4.78 is 1.21. The minimum absolute atomic E-state index is 0.0944. The van der Waals surface area contributed by atoms with Gasteiger partial charge in [0.15, 0.2) is 0 Å². The minimum atomic E-state index is -0.0944. The first-order valence-electron chi connectivity index (χ1n) is 5.81. The third-order valence-corrected chi connectivity index (χ3v) is 5.26. The lowest BCUT2D eigenvalue weighted by Gasteiger charge is -2.26. The molecule has 16 heavy (non-hydrogen) atoms. The zero-order valence-corrected chi connectivity index (χ0v) is 11.9. The average Bonchev–Trinajstić information content (AvgIpc) is 2.56. The van der Waals surface area contributed by atoms with Gasteiger partial charge in [0.05, 0.1) is 6.10 Å². The van der Waals surface area contributed by atoms with Crippen molar-refractivity contribution in [3.63, 3.8) is 0 Å². The molecule has 0 spiro atoms. The van der Waals surface area contributed by atoms with E-state index < -0.39 is 0 Å². The molecule has 1 aliphatic rings. The highest BCUT2D eigenvalue weighted by molar-refractivity contribution is 9.10.